The number of carbonyl (C=O) groups excluding carboxylic acids is 3. The Morgan fingerprint density at radius 2 is 0.695 bits per heavy atom. The van der Waals surface area contributed by atoms with Crippen molar-refractivity contribution in [3.63, 3.8) is 0 Å². The Balaban J connectivity index is 4.55. The van der Waals surface area contributed by atoms with Gasteiger partial charge < -0.3 is 14.2 Å². The summed E-state index contributed by atoms with van der Waals surface area (Å²) < 4.78 is 16.6. The van der Waals surface area contributed by atoms with Crippen molar-refractivity contribution in [2.24, 2.45) is 0 Å². The molecule has 0 fully saturated rings. The standard InChI is InChI=1S/C53H82O6/c1-4-7-10-13-16-19-22-25-26-27-29-31-34-37-40-43-46-52(55)58-49-50(48-57-51(54)45-42-39-36-33-30-24-21-18-15-12-9-6-3)59-53(56)47-44-41-38-35-32-28-23-20-17-14-11-8-5-2/h7-12,14,16-21,23,25-26,29-31,33,50H,4-6,13,15,22,24,27-28,32,34-49H2,1-3H3/b10-7-,11-8-,12-9-,17-14-,19-16-,21-18-,23-20-,26-25-,31-29-,33-30-. The molecule has 0 aliphatic carbocycles. The molecule has 0 radical (unpaired) electrons. The first kappa shape index (κ1) is 54.8. The van der Waals surface area contributed by atoms with Crippen LogP contribution in [0.4, 0.5) is 0 Å². The van der Waals surface area contributed by atoms with Crippen LogP contribution in [0.1, 0.15) is 175 Å². The first-order chi connectivity index (χ1) is 29.0. The number of allylic oxidation sites excluding steroid dienone is 20. The molecule has 0 aromatic rings. The van der Waals surface area contributed by atoms with Gasteiger partial charge >= 0.3 is 17.9 Å². The second-order valence-corrected chi connectivity index (χ2v) is 14.6. The second-order valence-electron chi connectivity index (χ2n) is 14.6. The van der Waals surface area contributed by atoms with E-state index in [9.17, 15) is 14.4 Å². The van der Waals surface area contributed by atoms with Crippen LogP contribution < -0.4 is 0 Å². The van der Waals surface area contributed by atoms with Gasteiger partial charge in [0, 0.05) is 19.3 Å². The fraction of sp³-hybridized carbons (Fsp3) is 0.566. The Labute approximate surface area is 361 Å². The van der Waals surface area contributed by atoms with E-state index in [1.165, 1.54) is 0 Å². The predicted molar refractivity (Wildman–Crippen MR) is 251 cm³/mol. The van der Waals surface area contributed by atoms with E-state index < -0.39 is 6.10 Å². The van der Waals surface area contributed by atoms with E-state index in [4.69, 9.17) is 14.2 Å². The molecule has 0 saturated heterocycles. The number of hydrogen-bond donors (Lipinski definition) is 0. The molecule has 0 rings (SSSR count). The minimum absolute atomic E-state index is 0.120. The smallest absolute Gasteiger partial charge is 0.306 e. The zero-order valence-electron chi connectivity index (χ0n) is 37.5. The lowest BCUT2D eigenvalue weighted by molar-refractivity contribution is -0.167. The van der Waals surface area contributed by atoms with Crippen molar-refractivity contribution in [2.45, 2.75) is 181 Å². The average Bonchev–Trinajstić information content (AvgIpc) is 3.23. The molecule has 0 aromatic heterocycles. The number of ether oxygens (including phenoxy) is 3. The van der Waals surface area contributed by atoms with Crippen LogP contribution in [0.2, 0.25) is 0 Å². The fourth-order valence-corrected chi connectivity index (χ4v) is 5.62. The number of unbranched alkanes of at least 4 members (excludes halogenated alkanes) is 10. The maximum atomic E-state index is 12.7. The van der Waals surface area contributed by atoms with E-state index in [0.717, 1.165) is 128 Å². The van der Waals surface area contributed by atoms with Gasteiger partial charge in [-0.05, 0) is 109 Å². The van der Waals surface area contributed by atoms with Crippen LogP contribution in [0.25, 0.3) is 0 Å². The molecule has 0 N–H and O–H groups in total. The zero-order chi connectivity index (χ0) is 43.0. The molecule has 6 heteroatoms. The first-order valence-corrected chi connectivity index (χ1v) is 23.1. The summed E-state index contributed by atoms with van der Waals surface area (Å²) >= 11 is 0. The maximum Gasteiger partial charge on any atom is 0.306 e. The fourth-order valence-electron chi connectivity index (χ4n) is 5.62. The normalized spacial score (nSPS) is 13.2. The van der Waals surface area contributed by atoms with E-state index in [1.807, 2.05) is 6.08 Å². The highest BCUT2D eigenvalue weighted by atomic mass is 16.6. The van der Waals surface area contributed by atoms with Gasteiger partial charge in [-0.25, -0.2) is 0 Å². The predicted octanol–water partition coefficient (Wildman–Crippen LogP) is 15.0. The van der Waals surface area contributed by atoms with Crippen LogP contribution in [0.5, 0.6) is 0 Å². The molecule has 0 spiro atoms. The van der Waals surface area contributed by atoms with Gasteiger partial charge in [0.15, 0.2) is 6.10 Å². The van der Waals surface area contributed by atoms with Crippen LogP contribution >= 0.6 is 0 Å². The summed E-state index contributed by atoms with van der Waals surface area (Å²) in [6, 6.07) is 0. The Hall–Kier alpha value is -4.19. The van der Waals surface area contributed by atoms with Crippen molar-refractivity contribution < 1.29 is 28.6 Å². The summed E-state index contributed by atoms with van der Waals surface area (Å²) in [6.07, 6.45) is 63.3. The van der Waals surface area contributed by atoms with Crippen LogP contribution in [-0.2, 0) is 28.6 Å². The molecule has 0 aliphatic rings. The molecule has 0 aromatic carbocycles. The van der Waals surface area contributed by atoms with Crippen LogP contribution in [0.3, 0.4) is 0 Å². The quantitative estimate of drug-likeness (QED) is 0.0202. The largest absolute Gasteiger partial charge is 0.462 e. The molecule has 0 aliphatic heterocycles. The lowest BCUT2D eigenvalue weighted by Crippen LogP contribution is -2.30. The lowest BCUT2D eigenvalue weighted by Gasteiger charge is -2.18. The first-order valence-electron chi connectivity index (χ1n) is 23.1. The second kappa shape index (κ2) is 46.5. The summed E-state index contributed by atoms with van der Waals surface area (Å²) in [5, 5.41) is 0. The molecule has 0 amide bonds. The average molecular weight is 815 g/mol. The third-order valence-electron chi connectivity index (χ3n) is 9.00. The molecule has 0 heterocycles. The minimum atomic E-state index is -0.819. The molecule has 6 nitrogen and oxygen atoms in total. The summed E-state index contributed by atoms with van der Waals surface area (Å²) in [5.74, 6) is -1.02. The highest BCUT2D eigenvalue weighted by molar-refractivity contribution is 5.71. The van der Waals surface area contributed by atoms with Crippen molar-refractivity contribution in [1.82, 2.24) is 0 Å². The maximum absolute atomic E-state index is 12.7. The third-order valence-corrected chi connectivity index (χ3v) is 9.00. The summed E-state index contributed by atoms with van der Waals surface area (Å²) in [5.41, 5.74) is 0. The van der Waals surface area contributed by atoms with Gasteiger partial charge in [-0.15, -0.1) is 0 Å². The van der Waals surface area contributed by atoms with Gasteiger partial charge in [-0.2, -0.15) is 0 Å². The molecule has 1 atom stereocenters. The van der Waals surface area contributed by atoms with E-state index in [2.05, 4.69) is 136 Å². The molecule has 330 valence electrons. The molecular weight excluding hydrogens is 733 g/mol. The molecule has 0 bridgehead atoms. The topological polar surface area (TPSA) is 78.9 Å². The SMILES string of the molecule is CC\C=C/C=C\C=C/CCCCCCCC(=O)OC(COC(=O)CCCC/C=C\C/C=C\C/C=C\CC)COC(=O)CCCCC/C=C\C/C=C\C/C=C\C/C=C\CC. The Morgan fingerprint density at radius 1 is 0.356 bits per heavy atom. The van der Waals surface area contributed by atoms with E-state index in [1.54, 1.807) is 0 Å². The van der Waals surface area contributed by atoms with Crippen molar-refractivity contribution in [3.8, 4) is 0 Å². The van der Waals surface area contributed by atoms with Crippen LogP contribution in [0, 0.1) is 0 Å². The molecular formula is C53H82O6. The van der Waals surface area contributed by atoms with Gasteiger partial charge in [0.25, 0.3) is 0 Å². The monoisotopic (exact) mass is 815 g/mol. The van der Waals surface area contributed by atoms with E-state index >= 15 is 0 Å². The van der Waals surface area contributed by atoms with Crippen LogP contribution in [0.15, 0.2) is 122 Å². The molecule has 59 heavy (non-hydrogen) atoms. The van der Waals surface area contributed by atoms with E-state index in [-0.39, 0.29) is 37.5 Å². The Kier molecular flexibility index (Phi) is 43.2. The van der Waals surface area contributed by atoms with Crippen molar-refractivity contribution in [1.29, 1.82) is 0 Å². The Bertz CT molecular complexity index is 1300. The summed E-state index contributed by atoms with van der Waals surface area (Å²) in [4.78, 5) is 37.8. The van der Waals surface area contributed by atoms with Crippen LogP contribution in [-0.4, -0.2) is 37.2 Å². The minimum Gasteiger partial charge on any atom is -0.462 e. The van der Waals surface area contributed by atoms with Gasteiger partial charge in [0.2, 0.25) is 0 Å². The van der Waals surface area contributed by atoms with Gasteiger partial charge in [0.1, 0.15) is 13.2 Å². The third kappa shape index (κ3) is 44.8. The molecule has 0 saturated carbocycles. The van der Waals surface area contributed by atoms with Crippen molar-refractivity contribution in [2.75, 3.05) is 13.2 Å². The summed E-state index contributed by atoms with van der Waals surface area (Å²) in [7, 11) is 0. The van der Waals surface area contributed by atoms with Crippen molar-refractivity contribution >= 4 is 17.9 Å². The highest BCUT2D eigenvalue weighted by Crippen LogP contribution is 2.11. The van der Waals surface area contributed by atoms with Gasteiger partial charge in [0.05, 0.1) is 0 Å². The summed E-state index contributed by atoms with van der Waals surface area (Å²) in [6.45, 7) is 6.16. The van der Waals surface area contributed by atoms with E-state index in [0.29, 0.717) is 19.3 Å². The highest BCUT2D eigenvalue weighted by Gasteiger charge is 2.19. The number of esters is 3. The van der Waals surface area contributed by atoms with Gasteiger partial charge in [-0.3, -0.25) is 14.4 Å². The van der Waals surface area contributed by atoms with Crippen molar-refractivity contribution in [3.05, 3.63) is 122 Å². The molecule has 1 unspecified atom stereocenters. The number of carbonyl (C=O) groups is 3. The van der Waals surface area contributed by atoms with Gasteiger partial charge in [-0.1, -0.05) is 168 Å². The lowest BCUT2D eigenvalue weighted by atomic mass is 10.1. The number of rotatable bonds is 39. The number of hydrogen-bond acceptors (Lipinski definition) is 6. The Morgan fingerprint density at radius 3 is 1.19 bits per heavy atom. The zero-order valence-corrected chi connectivity index (χ0v) is 37.5.